The van der Waals surface area contributed by atoms with Gasteiger partial charge in [-0.15, -0.1) is 0 Å². The number of alkyl halides is 3. The van der Waals surface area contributed by atoms with Gasteiger partial charge in [-0.25, -0.2) is 0 Å². The normalized spacial score (nSPS) is 13.9. The summed E-state index contributed by atoms with van der Waals surface area (Å²) in [5.74, 6) is 0.542. The lowest BCUT2D eigenvalue weighted by molar-refractivity contribution is -0.175. The van der Waals surface area contributed by atoms with Gasteiger partial charge in [-0.3, -0.25) is 0 Å². The van der Waals surface area contributed by atoms with Gasteiger partial charge >= 0.3 is 6.18 Å². The molecular formula is C10H13BrF3NO2. The molecule has 7 heteroatoms. The summed E-state index contributed by atoms with van der Waals surface area (Å²) in [4.78, 5) is 0. The Morgan fingerprint density at radius 1 is 1.47 bits per heavy atom. The molecule has 0 amide bonds. The molecule has 1 aromatic rings. The van der Waals surface area contributed by atoms with Crippen LogP contribution in [-0.4, -0.2) is 25.9 Å². The van der Waals surface area contributed by atoms with Crippen LogP contribution in [0, 0.1) is 0 Å². The Morgan fingerprint density at radius 2 is 2.18 bits per heavy atom. The fourth-order valence-electron chi connectivity index (χ4n) is 1.30. The minimum Gasteiger partial charge on any atom is -0.453 e. The Hall–Kier alpha value is -0.530. The van der Waals surface area contributed by atoms with Gasteiger partial charge < -0.3 is 14.5 Å². The summed E-state index contributed by atoms with van der Waals surface area (Å²) in [6, 6.07) is 2.99. The summed E-state index contributed by atoms with van der Waals surface area (Å²) in [7, 11) is 0. The molecule has 0 aliphatic heterocycles. The van der Waals surface area contributed by atoms with Crippen LogP contribution in [0.5, 0.6) is 0 Å². The van der Waals surface area contributed by atoms with Crippen molar-refractivity contribution in [3.05, 3.63) is 22.6 Å². The quantitative estimate of drug-likeness (QED) is 0.875. The molecule has 98 valence electrons. The SMILES string of the molecule is CCNC(COCC(F)(F)F)c1ccc(Br)o1. The zero-order valence-electron chi connectivity index (χ0n) is 9.18. The molecule has 1 atom stereocenters. The molecule has 0 radical (unpaired) electrons. The molecule has 1 aromatic heterocycles. The van der Waals surface area contributed by atoms with E-state index in [0.29, 0.717) is 17.0 Å². The lowest BCUT2D eigenvalue weighted by Crippen LogP contribution is -2.27. The van der Waals surface area contributed by atoms with Crippen LogP contribution in [0.4, 0.5) is 13.2 Å². The van der Waals surface area contributed by atoms with Crippen LogP contribution in [0.15, 0.2) is 21.2 Å². The monoisotopic (exact) mass is 315 g/mol. The first-order valence-corrected chi connectivity index (χ1v) is 5.85. The molecule has 0 spiro atoms. The van der Waals surface area contributed by atoms with Crippen molar-refractivity contribution in [3.8, 4) is 0 Å². The van der Waals surface area contributed by atoms with E-state index in [1.165, 1.54) is 0 Å². The first-order chi connectivity index (χ1) is 7.92. The maximum Gasteiger partial charge on any atom is 0.411 e. The summed E-state index contributed by atoms with van der Waals surface area (Å²) in [6.07, 6.45) is -4.31. The van der Waals surface area contributed by atoms with Crippen molar-refractivity contribution in [2.24, 2.45) is 0 Å². The van der Waals surface area contributed by atoms with Gasteiger partial charge in [0.15, 0.2) is 4.67 Å². The summed E-state index contributed by atoms with van der Waals surface area (Å²) in [5.41, 5.74) is 0. The molecule has 0 saturated carbocycles. The van der Waals surface area contributed by atoms with E-state index in [0.717, 1.165) is 0 Å². The van der Waals surface area contributed by atoms with Crippen LogP contribution in [0.2, 0.25) is 0 Å². The van der Waals surface area contributed by atoms with Crippen molar-refractivity contribution in [1.82, 2.24) is 5.32 Å². The van der Waals surface area contributed by atoms with E-state index in [1.807, 2.05) is 6.92 Å². The minimum absolute atomic E-state index is 0.0900. The summed E-state index contributed by atoms with van der Waals surface area (Å²) < 4.78 is 46.2. The van der Waals surface area contributed by atoms with Crippen molar-refractivity contribution in [1.29, 1.82) is 0 Å². The number of hydrogen-bond acceptors (Lipinski definition) is 3. The highest BCUT2D eigenvalue weighted by Crippen LogP contribution is 2.22. The molecular weight excluding hydrogens is 303 g/mol. The average Bonchev–Trinajstić information content (AvgIpc) is 2.62. The van der Waals surface area contributed by atoms with Gasteiger partial charge in [-0.1, -0.05) is 6.92 Å². The van der Waals surface area contributed by atoms with E-state index in [2.05, 4.69) is 26.0 Å². The minimum atomic E-state index is -4.31. The lowest BCUT2D eigenvalue weighted by atomic mass is 10.2. The van der Waals surface area contributed by atoms with Gasteiger partial charge in [0.1, 0.15) is 12.4 Å². The third-order valence-electron chi connectivity index (χ3n) is 1.94. The fourth-order valence-corrected chi connectivity index (χ4v) is 1.62. The Morgan fingerprint density at radius 3 is 2.65 bits per heavy atom. The zero-order chi connectivity index (χ0) is 12.9. The molecule has 3 nitrogen and oxygen atoms in total. The van der Waals surface area contributed by atoms with E-state index in [-0.39, 0.29) is 12.6 Å². The summed E-state index contributed by atoms with van der Waals surface area (Å²) in [5, 5.41) is 2.99. The summed E-state index contributed by atoms with van der Waals surface area (Å²) in [6.45, 7) is 1.12. The van der Waals surface area contributed by atoms with Gasteiger partial charge in [0.05, 0.1) is 12.6 Å². The van der Waals surface area contributed by atoms with E-state index in [4.69, 9.17) is 4.42 Å². The molecule has 0 aromatic carbocycles. The predicted molar refractivity (Wildman–Crippen MR) is 59.7 cm³/mol. The topological polar surface area (TPSA) is 34.4 Å². The fraction of sp³-hybridized carbons (Fsp3) is 0.600. The average molecular weight is 316 g/mol. The number of ether oxygens (including phenoxy) is 1. The van der Waals surface area contributed by atoms with Gasteiger partial charge in [0.2, 0.25) is 0 Å². The highest BCUT2D eigenvalue weighted by atomic mass is 79.9. The van der Waals surface area contributed by atoms with Crippen molar-refractivity contribution >= 4 is 15.9 Å². The second-order valence-electron chi connectivity index (χ2n) is 3.38. The molecule has 0 bridgehead atoms. The first-order valence-electron chi connectivity index (χ1n) is 5.05. The second-order valence-corrected chi connectivity index (χ2v) is 4.16. The van der Waals surface area contributed by atoms with Crippen LogP contribution < -0.4 is 5.32 Å². The number of likely N-dealkylation sites (N-methyl/N-ethyl adjacent to an activating group) is 1. The lowest BCUT2D eigenvalue weighted by Gasteiger charge is -2.16. The van der Waals surface area contributed by atoms with Crippen LogP contribution in [0.1, 0.15) is 18.7 Å². The smallest absolute Gasteiger partial charge is 0.411 e. The Bertz CT molecular complexity index is 341. The Kier molecular flexibility index (Phi) is 5.48. The van der Waals surface area contributed by atoms with E-state index >= 15 is 0 Å². The summed E-state index contributed by atoms with van der Waals surface area (Å²) >= 11 is 3.14. The predicted octanol–water partition coefficient (Wildman–Crippen LogP) is 3.27. The van der Waals surface area contributed by atoms with Gasteiger partial charge in [-0.05, 0) is 34.6 Å². The maximum absolute atomic E-state index is 11.9. The number of furan rings is 1. The number of rotatable bonds is 6. The Balaban J connectivity index is 2.49. The highest BCUT2D eigenvalue weighted by molar-refractivity contribution is 9.10. The third-order valence-corrected chi connectivity index (χ3v) is 2.36. The second kappa shape index (κ2) is 6.42. The molecule has 1 unspecified atom stereocenters. The van der Waals surface area contributed by atoms with Crippen molar-refractivity contribution in [3.63, 3.8) is 0 Å². The molecule has 0 saturated heterocycles. The van der Waals surface area contributed by atoms with Crippen molar-refractivity contribution in [2.75, 3.05) is 19.8 Å². The molecule has 1 N–H and O–H groups in total. The van der Waals surface area contributed by atoms with Crippen molar-refractivity contribution in [2.45, 2.75) is 19.1 Å². The molecule has 1 heterocycles. The standard InChI is InChI=1S/C10H13BrF3NO2/c1-2-15-7(5-16-6-10(12,13)14)8-3-4-9(11)17-8/h3-4,7,15H,2,5-6H2,1H3. The molecule has 1 rings (SSSR count). The molecule has 0 aliphatic carbocycles. The van der Waals surface area contributed by atoms with E-state index in [9.17, 15) is 13.2 Å². The van der Waals surface area contributed by atoms with Gasteiger partial charge in [0, 0.05) is 0 Å². The van der Waals surface area contributed by atoms with Crippen LogP contribution in [0.3, 0.4) is 0 Å². The number of halogens is 4. The Labute approximate surface area is 105 Å². The third kappa shape index (κ3) is 5.56. The van der Waals surface area contributed by atoms with Gasteiger partial charge in [0.25, 0.3) is 0 Å². The molecule has 0 fully saturated rings. The largest absolute Gasteiger partial charge is 0.453 e. The van der Waals surface area contributed by atoms with E-state index in [1.54, 1.807) is 12.1 Å². The maximum atomic E-state index is 11.9. The first kappa shape index (κ1) is 14.5. The highest BCUT2D eigenvalue weighted by Gasteiger charge is 2.28. The molecule has 17 heavy (non-hydrogen) atoms. The van der Waals surface area contributed by atoms with Crippen LogP contribution >= 0.6 is 15.9 Å². The van der Waals surface area contributed by atoms with E-state index < -0.39 is 12.8 Å². The number of nitrogens with one attached hydrogen (secondary N) is 1. The number of hydrogen-bond donors (Lipinski definition) is 1. The van der Waals surface area contributed by atoms with Crippen molar-refractivity contribution < 1.29 is 22.3 Å². The van der Waals surface area contributed by atoms with Crippen LogP contribution in [0.25, 0.3) is 0 Å². The zero-order valence-corrected chi connectivity index (χ0v) is 10.8. The molecule has 0 aliphatic rings. The van der Waals surface area contributed by atoms with Crippen LogP contribution in [-0.2, 0) is 4.74 Å². The van der Waals surface area contributed by atoms with Gasteiger partial charge in [-0.2, -0.15) is 13.2 Å².